The Labute approximate surface area is 210 Å². The van der Waals surface area contributed by atoms with E-state index >= 15 is 0 Å². The van der Waals surface area contributed by atoms with Crippen LogP contribution in [0, 0.1) is 6.92 Å². The highest BCUT2D eigenvalue weighted by molar-refractivity contribution is 9.10. The van der Waals surface area contributed by atoms with Crippen molar-refractivity contribution in [1.29, 1.82) is 0 Å². The third kappa shape index (κ3) is 2.66. The lowest BCUT2D eigenvalue weighted by Gasteiger charge is -2.40. The summed E-state index contributed by atoms with van der Waals surface area (Å²) in [6.07, 6.45) is 0. The summed E-state index contributed by atoms with van der Waals surface area (Å²) in [5, 5.41) is 9.35. The summed E-state index contributed by atoms with van der Waals surface area (Å²) in [5.41, 5.74) is 1.23. The van der Waals surface area contributed by atoms with Gasteiger partial charge in [-0.05, 0) is 42.3 Å². The van der Waals surface area contributed by atoms with Gasteiger partial charge in [-0.15, -0.1) is 0 Å². The molecule has 0 bridgehead atoms. The minimum Gasteiger partial charge on any atom is -0.468 e. The van der Waals surface area contributed by atoms with Gasteiger partial charge in [-0.3, -0.25) is 19.7 Å². The van der Waals surface area contributed by atoms with Crippen molar-refractivity contribution < 1.29 is 19.1 Å². The molecule has 0 unspecified atom stereocenters. The molecule has 176 valence electrons. The number of hydrogen-bond donors (Lipinski definition) is 3. The number of esters is 1. The average Bonchev–Trinajstić information content (AvgIpc) is 3.44. The van der Waals surface area contributed by atoms with Crippen molar-refractivity contribution in [2.24, 2.45) is 0 Å². The third-order valence-electron chi connectivity index (χ3n) is 7.57. The first kappa shape index (κ1) is 22.0. The van der Waals surface area contributed by atoms with Crippen molar-refractivity contribution in [3.8, 4) is 0 Å². The second-order valence-electron chi connectivity index (χ2n) is 9.24. The van der Waals surface area contributed by atoms with E-state index in [-0.39, 0.29) is 11.8 Å². The standard InChI is InChI=1S/C27H22BrN3O4/c1-14-7-12-20-18(13-14)27(25(34)30-20)26(17-5-3-4-6-19(17)29-24(26)33)21(22(31-27)23(32)35-2)15-8-10-16(28)11-9-15/h3-13,21-22,31H,1-2H3,(H,29,33)(H,30,34)/t21-,22+,26-,27-/m0/s1. The van der Waals surface area contributed by atoms with Crippen LogP contribution in [0.2, 0.25) is 0 Å². The summed E-state index contributed by atoms with van der Waals surface area (Å²) in [4.78, 5) is 41.6. The van der Waals surface area contributed by atoms with Crippen molar-refractivity contribution in [3.05, 3.63) is 93.5 Å². The van der Waals surface area contributed by atoms with Gasteiger partial charge < -0.3 is 15.4 Å². The van der Waals surface area contributed by atoms with Crippen LogP contribution in [0.25, 0.3) is 0 Å². The molecule has 2 spiro atoms. The van der Waals surface area contributed by atoms with Crippen molar-refractivity contribution in [1.82, 2.24) is 5.32 Å². The molecule has 4 atom stereocenters. The van der Waals surface area contributed by atoms with Crippen LogP contribution in [0.1, 0.15) is 28.2 Å². The molecular formula is C27H22BrN3O4. The Kier molecular flexibility index (Phi) is 4.72. The fraction of sp³-hybridized carbons (Fsp3) is 0.222. The van der Waals surface area contributed by atoms with E-state index in [1.165, 1.54) is 7.11 Å². The molecule has 35 heavy (non-hydrogen) atoms. The van der Waals surface area contributed by atoms with Crippen LogP contribution in [-0.2, 0) is 30.1 Å². The molecule has 0 aliphatic carbocycles. The molecule has 0 aromatic heterocycles. The molecule has 0 radical (unpaired) electrons. The van der Waals surface area contributed by atoms with Gasteiger partial charge in [0, 0.05) is 27.3 Å². The average molecular weight is 532 g/mol. The number of para-hydroxylation sites is 1. The summed E-state index contributed by atoms with van der Waals surface area (Å²) in [6, 6.07) is 19.6. The maximum absolute atomic E-state index is 14.3. The molecule has 1 fully saturated rings. The highest BCUT2D eigenvalue weighted by atomic mass is 79.9. The highest BCUT2D eigenvalue weighted by Gasteiger charge is 2.77. The van der Waals surface area contributed by atoms with Gasteiger partial charge in [0.05, 0.1) is 7.11 Å². The monoisotopic (exact) mass is 531 g/mol. The van der Waals surface area contributed by atoms with Gasteiger partial charge in [0.25, 0.3) is 5.91 Å². The Bertz CT molecular complexity index is 1420. The van der Waals surface area contributed by atoms with Crippen LogP contribution in [0.15, 0.2) is 71.2 Å². The van der Waals surface area contributed by atoms with Crippen LogP contribution in [0.5, 0.6) is 0 Å². The van der Waals surface area contributed by atoms with Gasteiger partial charge in [0.1, 0.15) is 17.0 Å². The van der Waals surface area contributed by atoms with E-state index in [1.807, 2.05) is 73.7 Å². The number of ether oxygens (including phenoxy) is 1. The second-order valence-corrected chi connectivity index (χ2v) is 10.2. The molecule has 3 heterocycles. The molecule has 2 amide bonds. The van der Waals surface area contributed by atoms with Gasteiger partial charge in [-0.2, -0.15) is 0 Å². The highest BCUT2D eigenvalue weighted by Crippen LogP contribution is 2.64. The first-order valence-electron chi connectivity index (χ1n) is 11.3. The predicted octanol–water partition coefficient (Wildman–Crippen LogP) is 3.72. The van der Waals surface area contributed by atoms with Gasteiger partial charge in [0.15, 0.2) is 0 Å². The van der Waals surface area contributed by atoms with Crippen molar-refractivity contribution >= 4 is 45.1 Å². The van der Waals surface area contributed by atoms with E-state index in [2.05, 4.69) is 31.9 Å². The summed E-state index contributed by atoms with van der Waals surface area (Å²) in [7, 11) is 1.32. The molecule has 3 aliphatic rings. The van der Waals surface area contributed by atoms with E-state index in [0.29, 0.717) is 22.5 Å². The lowest BCUT2D eigenvalue weighted by atomic mass is 9.57. The normalized spacial score (nSPS) is 28.1. The summed E-state index contributed by atoms with van der Waals surface area (Å²) in [6.45, 7) is 1.94. The number of methoxy groups -OCH3 is 1. The van der Waals surface area contributed by atoms with E-state index in [9.17, 15) is 14.4 Å². The number of aryl methyl sites for hydroxylation is 1. The molecule has 7 nitrogen and oxygen atoms in total. The van der Waals surface area contributed by atoms with Gasteiger partial charge in [-0.25, -0.2) is 0 Å². The Balaban J connectivity index is 1.76. The Morgan fingerprint density at radius 1 is 0.914 bits per heavy atom. The number of hydrogen-bond acceptors (Lipinski definition) is 5. The Hall–Kier alpha value is -3.49. The minimum atomic E-state index is -1.54. The maximum atomic E-state index is 14.3. The minimum absolute atomic E-state index is 0.338. The number of carbonyl (C=O) groups excluding carboxylic acids is 3. The summed E-state index contributed by atoms with van der Waals surface area (Å²) < 4.78 is 6.07. The zero-order chi connectivity index (χ0) is 24.5. The summed E-state index contributed by atoms with van der Waals surface area (Å²) >= 11 is 3.47. The second kappa shape index (κ2) is 7.50. The summed E-state index contributed by atoms with van der Waals surface area (Å²) in [5.74, 6) is -1.99. The van der Waals surface area contributed by atoms with E-state index in [1.54, 1.807) is 0 Å². The van der Waals surface area contributed by atoms with Crippen molar-refractivity contribution in [2.45, 2.75) is 29.8 Å². The topological polar surface area (TPSA) is 96.5 Å². The fourth-order valence-electron chi connectivity index (χ4n) is 6.26. The van der Waals surface area contributed by atoms with Crippen LogP contribution in [0.3, 0.4) is 0 Å². The van der Waals surface area contributed by atoms with Crippen LogP contribution in [0.4, 0.5) is 11.4 Å². The van der Waals surface area contributed by atoms with Crippen LogP contribution < -0.4 is 16.0 Å². The van der Waals surface area contributed by atoms with Gasteiger partial charge in [0.2, 0.25) is 5.91 Å². The van der Waals surface area contributed by atoms with E-state index < -0.39 is 28.9 Å². The Morgan fingerprint density at radius 3 is 2.34 bits per heavy atom. The third-order valence-corrected chi connectivity index (χ3v) is 8.10. The van der Waals surface area contributed by atoms with Crippen molar-refractivity contribution in [2.75, 3.05) is 17.7 Å². The molecule has 6 rings (SSSR count). The molecule has 8 heteroatoms. The zero-order valence-electron chi connectivity index (χ0n) is 19.0. The maximum Gasteiger partial charge on any atom is 0.323 e. The van der Waals surface area contributed by atoms with E-state index in [4.69, 9.17) is 4.74 Å². The number of carbonyl (C=O) groups is 3. The Morgan fingerprint density at radius 2 is 1.60 bits per heavy atom. The predicted molar refractivity (Wildman–Crippen MR) is 134 cm³/mol. The molecular weight excluding hydrogens is 510 g/mol. The number of rotatable bonds is 2. The quantitative estimate of drug-likeness (QED) is 0.438. The SMILES string of the molecule is COC(=O)[C@@H]1N[C@@]2(C(=O)Nc3ccc(C)cc32)[C@]2(C(=O)Nc3ccccc32)[C@H]1c1ccc(Br)cc1. The van der Waals surface area contributed by atoms with E-state index in [0.717, 1.165) is 15.6 Å². The number of anilines is 2. The van der Waals surface area contributed by atoms with Crippen molar-refractivity contribution in [3.63, 3.8) is 0 Å². The molecule has 3 aliphatic heterocycles. The van der Waals surface area contributed by atoms with Crippen LogP contribution >= 0.6 is 15.9 Å². The number of halogens is 1. The first-order chi connectivity index (χ1) is 16.8. The van der Waals surface area contributed by atoms with Crippen LogP contribution in [-0.4, -0.2) is 30.9 Å². The first-order valence-corrected chi connectivity index (χ1v) is 12.1. The molecule has 3 aromatic rings. The largest absolute Gasteiger partial charge is 0.468 e. The number of fused-ring (bicyclic) bond motifs is 5. The molecule has 1 saturated heterocycles. The molecule has 0 saturated carbocycles. The van der Waals surface area contributed by atoms with Gasteiger partial charge >= 0.3 is 5.97 Å². The number of benzene rings is 3. The lowest BCUT2D eigenvalue weighted by molar-refractivity contribution is -0.143. The molecule has 3 N–H and O–H groups in total. The lowest BCUT2D eigenvalue weighted by Crippen LogP contribution is -2.60. The molecule has 3 aromatic carbocycles. The zero-order valence-corrected chi connectivity index (χ0v) is 20.6. The number of nitrogens with one attached hydrogen (secondary N) is 3. The van der Waals surface area contributed by atoms with Gasteiger partial charge in [-0.1, -0.05) is 64.0 Å². The fourth-order valence-corrected chi connectivity index (χ4v) is 6.52. The smallest absolute Gasteiger partial charge is 0.323 e. The number of amides is 2.